The fraction of sp³-hybridized carbons (Fsp3) is 1.00. The Labute approximate surface area is 80.5 Å². The summed E-state index contributed by atoms with van der Waals surface area (Å²) in [5.74, 6) is 4.16. The maximum atomic E-state index is 5.98. The molecule has 72 valence electrons. The average Bonchev–Trinajstić information content (AvgIpc) is 2.36. The van der Waals surface area contributed by atoms with E-state index in [9.17, 15) is 0 Å². The predicted molar refractivity (Wildman–Crippen MR) is 57.5 cm³/mol. The summed E-state index contributed by atoms with van der Waals surface area (Å²) in [5, 5.41) is 0. The van der Waals surface area contributed by atoms with E-state index in [-0.39, 0.29) is 0 Å². The second-order valence-electron chi connectivity index (χ2n) is 4.29. The molecule has 0 spiro atoms. The maximum Gasteiger partial charge on any atom is 0.0166 e. The molecule has 2 unspecified atom stereocenters. The summed E-state index contributed by atoms with van der Waals surface area (Å²) >= 11 is 2.02. The van der Waals surface area contributed by atoms with Gasteiger partial charge in [0.1, 0.15) is 0 Å². The Morgan fingerprint density at radius 2 is 2.17 bits per heavy atom. The van der Waals surface area contributed by atoms with Crippen LogP contribution in [0.15, 0.2) is 0 Å². The van der Waals surface area contributed by atoms with Gasteiger partial charge in [-0.25, -0.2) is 0 Å². The van der Waals surface area contributed by atoms with Crippen LogP contribution in [0.4, 0.5) is 0 Å². The van der Waals surface area contributed by atoms with Crippen LogP contribution in [-0.4, -0.2) is 17.5 Å². The lowest BCUT2D eigenvalue weighted by Crippen LogP contribution is -2.28. The lowest BCUT2D eigenvalue weighted by atomic mass is 9.95. The van der Waals surface area contributed by atoms with Crippen molar-refractivity contribution < 1.29 is 0 Å². The molecule has 0 aromatic heterocycles. The minimum absolute atomic E-state index is 0.488. The van der Waals surface area contributed by atoms with Gasteiger partial charge in [-0.05, 0) is 24.0 Å². The fourth-order valence-corrected chi connectivity index (χ4v) is 3.10. The number of thioether (sulfide) groups is 1. The Morgan fingerprint density at radius 1 is 1.42 bits per heavy atom. The lowest BCUT2D eigenvalue weighted by Gasteiger charge is -2.14. The minimum Gasteiger partial charge on any atom is -0.327 e. The molecule has 0 aromatic carbocycles. The Bertz CT molecular complexity index is 125. The minimum atomic E-state index is 0.488. The van der Waals surface area contributed by atoms with Gasteiger partial charge in [-0.1, -0.05) is 26.7 Å². The Balaban J connectivity index is 2.06. The first-order chi connectivity index (χ1) is 5.70. The smallest absolute Gasteiger partial charge is 0.0166 e. The van der Waals surface area contributed by atoms with E-state index in [1.165, 1.54) is 30.8 Å². The highest BCUT2D eigenvalue weighted by Crippen LogP contribution is 2.27. The molecule has 2 atom stereocenters. The first-order valence-corrected chi connectivity index (χ1v) is 6.19. The molecule has 12 heavy (non-hydrogen) atoms. The zero-order chi connectivity index (χ0) is 8.97. The van der Waals surface area contributed by atoms with Gasteiger partial charge in [0.05, 0.1) is 0 Å². The molecule has 1 rings (SSSR count). The third-order valence-corrected chi connectivity index (χ3v) is 3.89. The molecule has 2 heteroatoms. The van der Waals surface area contributed by atoms with Gasteiger partial charge >= 0.3 is 0 Å². The van der Waals surface area contributed by atoms with E-state index in [4.69, 9.17) is 5.73 Å². The second-order valence-corrected chi connectivity index (χ2v) is 5.36. The summed E-state index contributed by atoms with van der Waals surface area (Å²) in [4.78, 5) is 0. The van der Waals surface area contributed by atoms with Crippen LogP contribution in [0.25, 0.3) is 0 Å². The van der Waals surface area contributed by atoms with Crippen LogP contribution in [0.3, 0.4) is 0 Å². The maximum absolute atomic E-state index is 5.98. The van der Waals surface area contributed by atoms with E-state index in [1.54, 1.807) is 0 Å². The van der Waals surface area contributed by atoms with Crippen LogP contribution < -0.4 is 5.73 Å². The third kappa shape index (κ3) is 3.36. The SMILES string of the molecule is CC(C)CCCC1CSCC1N. The van der Waals surface area contributed by atoms with E-state index in [2.05, 4.69) is 13.8 Å². The van der Waals surface area contributed by atoms with Crippen molar-refractivity contribution in [3.63, 3.8) is 0 Å². The van der Waals surface area contributed by atoms with Crippen molar-refractivity contribution in [2.24, 2.45) is 17.6 Å². The van der Waals surface area contributed by atoms with Crippen LogP contribution in [-0.2, 0) is 0 Å². The molecule has 1 fully saturated rings. The molecule has 0 saturated carbocycles. The van der Waals surface area contributed by atoms with Crippen molar-refractivity contribution in [1.29, 1.82) is 0 Å². The fourth-order valence-electron chi connectivity index (χ4n) is 1.70. The Kier molecular flexibility index (Phi) is 4.44. The zero-order valence-electron chi connectivity index (χ0n) is 8.25. The van der Waals surface area contributed by atoms with Crippen molar-refractivity contribution in [2.45, 2.75) is 39.2 Å². The highest BCUT2D eigenvalue weighted by Gasteiger charge is 2.23. The normalized spacial score (nSPS) is 30.0. The molecule has 1 aliphatic heterocycles. The summed E-state index contributed by atoms with van der Waals surface area (Å²) in [7, 11) is 0. The molecule has 1 nitrogen and oxygen atoms in total. The number of rotatable bonds is 4. The molecule has 1 aliphatic rings. The lowest BCUT2D eigenvalue weighted by molar-refractivity contribution is 0.430. The molecule has 1 heterocycles. The molecule has 0 amide bonds. The van der Waals surface area contributed by atoms with Crippen molar-refractivity contribution in [3.05, 3.63) is 0 Å². The molecule has 1 saturated heterocycles. The number of hydrogen-bond donors (Lipinski definition) is 1. The van der Waals surface area contributed by atoms with Gasteiger partial charge in [0.15, 0.2) is 0 Å². The molecule has 0 aromatic rings. The summed E-state index contributed by atoms with van der Waals surface area (Å²) in [6.45, 7) is 4.59. The van der Waals surface area contributed by atoms with Crippen molar-refractivity contribution in [1.82, 2.24) is 0 Å². The second kappa shape index (κ2) is 5.13. The van der Waals surface area contributed by atoms with Gasteiger partial charge in [0.25, 0.3) is 0 Å². The Hall–Kier alpha value is 0.310. The first-order valence-electron chi connectivity index (χ1n) is 5.03. The summed E-state index contributed by atoms with van der Waals surface area (Å²) in [5.41, 5.74) is 5.98. The van der Waals surface area contributed by atoms with Gasteiger partial charge in [-0.15, -0.1) is 0 Å². The highest BCUT2D eigenvalue weighted by atomic mass is 32.2. The highest BCUT2D eigenvalue weighted by molar-refractivity contribution is 7.99. The molecule has 0 bridgehead atoms. The monoisotopic (exact) mass is 187 g/mol. The van der Waals surface area contributed by atoms with E-state index in [0.29, 0.717) is 6.04 Å². The average molecular weight is 187 g/mol. The molecule has 0 aliphatic carbocycles. The van der Waals surface area contributed by atoms with Crippen molar-refractivity contribution in [3.8, 4) is 0 Å². The van der Waals surface area contributed by atoms with Gasteiger partial charge in [0, 0.05) is 11.8 Å². The van der Waals surface area contributed by atoms with Gasteiger partial charge < -0.3 is 5.73 Å². The zero-order valence-corrected chi connectivity index (χ0v) is 9.07. The predicted octanol–water partition coefficient (Wildman–Crippen LogP) is 2.50. The van der Waals surface area contributed by atoms with E-state index >= 15 is 0 Å². The molecular weight excluding hydrogens is 166 g/mol. The van der Waals surface area contributed by atoms with E-state index < -0.39 is 0 Å². The Morgan fingerprint density at radius 3 is 2.67 bits per heavy atom. The van der Waals surface area contributed by atoms with Gasteiger partial charge in [-0.3, -0.25) is 0 Å². The van der Waals surface area contributed by atoms with Crippen molar-refractivity contribution >= 4 is 11.8 Å². The molecular formula is C10H21NS. The summed E-state index contributed by atoms with van der Waals surface area (Å²) in [6.07, 6.45) is 4.09. The van der Waals surface area contributed by atoms with Gasteiger partial charge in [-0.2, -0.15) is 11.8 Å². The number of hydrogen-bond acceptors (Lipinski definition) is 2. The summed E-state index contributed by atoms with van der Waals surface area (Å²) in [6, 6.07) is 0.488. The van der Waals surface area contributed by atoms with E-state index in [0.717, 1.165) is 11.8 Å². The molecule has 0 radical (unpaired) electrons. The first kappa shape index (κ1) is 10.4. The standard InChI is InChI=1S/C10H21NS/c1-8(2)4-3-5-9-6-12-7-10(9)11/h8-10H,3-7,11H2,1-2H3. The quantitative estimate of drug-likeness (QED) is 0.732. The number of nitrogens with two attached hydrogens (primary N) is 1. The van der Waals surface area contributed by atoms with Crippen LogP contribution in [0.5, 0.6) is 0 Å². The van der Waals surface area contributed by atoms with E-state index in [1.807, 2.05) is 11.8 Å². The van der Waals surface area contributed by atoms with Crippen LogP contribution >= 0.6 is 11.8 Å². The largest absolute Gasteiger partial charge is 0.327 e. The third-order valence-electron chi connectivity index (χ3n) is 2.60. The summed E-state index contributed by atoms with van der Waals surface area (Å²) < 4.78 is 0. The van der Waals surface area contributed by atoms with Crippen molar-refractivity contribution in [2.75, 3.05) is 11.5 Å². The molecule has 2 N–H and O–H groups in total. The topological polar surface area (TPSA) is 26.0 Å². The van der Waals surface area contributed by atoms with Crippen LogP contribution in [0, 0.1) is 11.8 Å². The van der Waals surface area contributed by atoms with Gasteiger partial charge in [0.2, 0.25) is 0 Å². The van der Waals surface area contributed by atoms with Crippen LogP contribution in [0.2, 0.25) is 0 Å². The van der Waals surface area contributed by atoms with Crippen LogP contribution in [0.1, 0.15) is 33.1 Å².